The van der Waals surface area contributed by atoms with Gasteiger partial charge in [0, 0.05) is 36.6 Å². The van der Waals surface area contributed by atoms with Crippen LogP contribution in [0.3, 0.4) is 0 Å². The summed E-state index contributed by atoms with van der Waals surface area (Å²) in [7, 11) is 0. The van der Waals surface area contributed by atoms with Crippen molar-refractivity contribution in [2.75, 3.05) is 36.0 Å². The predicted molar refractivity (Wildman–Crippen MR) is 100 cm³/mol. The van der Waals surface area contributed by atoms with E-state index in [1.165, 1.54) is 0 Å². The highest BCUT2D eigenvalue weighted by atomic mass is 35.5. The molecular formula is C19H16ClN5. The van der Waals surface area contributed by atoms with Gasteiger partial charge in [0.2, 0.25) is 0 Å². The molecule has 1 aliphatic rings. The Morgan fingerprint density at radius 1 is 0.960 bits per heavy atom. The van der Waals surface area contributed by atoms with Crippen molar-refractivity contribution >= 4 is 34.0 Å². The van der Waals surface area contributed by atoms with Gasteiger partial charge < -0.3 is 9.80 Å². The highest BCUT2D eigenvalue weighted by Crippen LogP contribution is 2.27. The molecule has 0 unspecified atom stereocenters. The standard InChI is InChI=1S/C19H16ClN5/c20-15-5-6-16-17(11-15)22-13-23-19(16)25-9-7-24(8-10-25)18-4-2-1-3-14(18)12-21/h1-6,11,13H,7-10H2. The summed E-state index contributed by atoms with van der Waals surface area (Å²) in [5.74, 6) is 0.940. The Morgan fingerprint density at radius 2 is 1.72 bits per heavy atom. The fourth-order valence-electron chi connectivity index (χ4n) is 3.27. The summed E-state index contributed by atoms with van der Waals surface area (Å²) in [6.07, 6.45) is 1.59. The molecule has 0 amide bonds. The summed E-state index contributed by atoms with van der Waals surface area (Å²) in [6, 6.07) is 15.7. The number of anilines is 2. The van der Waals surface area contributed by atoms with Gasteiger partial charge in [-0.15, -0.1) is 0 Å². The van der Waals surface area contributed by atoms with Gasteiger partial charge in [0.15, 0.2) is 0 Å². The molecule has 0 spiro atoms. The summed E-state index contributed by atoms with van der Waals surface area (Å²) >= 11 is 6.07. The van der Waals surface area contributed by atoms with E-state index < -0.39 is 0 Å². The lowest BCUT2D eigenvalue weighted by Gasteiger charge is -2.37. The molecule has 3 aromatic rings. The first-order valence-electron chi connectivity index (χ1n) is 8.15. The Hall–Kier alpha value is -2.84. The van der Waals surface area contributed by atoms with Crippen LogP contribution in [0.25, 0.3) is 10.9 Å². The number of nitriles is 1. The van der Waals surface area contributed by atoms with Crippen molar-refractivity contribution < 1.29 is 0 Å². The van der Waals surface area contributed by atoms with Crippen molar-refractivity contribution in [2.45, 2.75) is 0 Å². The fraction of sp³-hybridized carbons (Fsp3) is 0.211. The topological polar surface area (TPSA) is 56.1 Å². The fourth-order valence-corrected chi connectivity index (χ4v) is 3.44. The number of piperazine rings is 1. The van der Waals surface area contributed by atoms with Crippen LogP contribution in [0.1, 0.15) is 5.56 Å². The Kier molecular flexibility index (Phi) is 4.12. The molecule has 25 heavy (non-hydrogen) atoms. The summed E-state index contributed by atoms with van der Waals surface area (Å²) < 4.78 is 0. The summed E-state index contributed by atoms with van der Waals surface area (Å²) in [5, 5.41) is 11.0. The molecular weight excluding hydrogens is 334 g/mol. The Morgan fingerprint density at radius 3 is 2.52 bits per heavy atom. The quantitative estimate of drug-likeness (QED) is 0.709. The normalized spacial score (nSPS) is 14.6. The first-order chi connectivity index (χ1) is 12.3. The minimum Gasteiger partial charge on any atom is -0.367 e. The molecule has 0 bridgehead atoms. The number of halogens is 1. The number of para-hydroxylation sites is 1. The van der Waals surface area contributed by atoms with Gasteiger partial charge in [0.05, 0.1) is 16.8 Å². The lowest BCUT2D eigenvalue weighted by atomic mass is 10.1. The SMILES string of the molecule is N#Cc1ccccc1N1CCN(c2ncnc3cc(Cl)ccc23)CC1. The first kappa shape index (κ1) is 15.7. The third kappa shape index (κ3) is 2.97. The number of benzene rings is 2. The van der Waals surface area contributed by atoms with Crippen LogP contribution < -0.4 is 9.80 Å². The van der Waals surface area contributed by atoms with Gasteiger partial charge in [0.25, 0.3) is 0 Å². The monoisotopic (exact) mass is 349 g/mol. The van der Waals surface area contributed by atoms with Crippen LogP contribution in [-0.2, 0) is 0 Å². The second-order valence-corrected chi connectivity index (χ2v) is 6.40. The lowest BCUT2D eigenvalue weighted by Crippen LogP contribution is -2.47. The van der Waals surface area contributed by atoms with E-state index in [2.05, 4.69) is 25.8 Å². The zero-order valence-electron chi connectivity index (χ0n) is 13.6. The highest BCUT2D eigenvalue weighted by molar-refractivity contribution is 6.31. The van der Waals surface area contributed by atoms with Crippen molar-refractivity contribution in [3.63, 3.8) is 0 Å². The molecule has 1 aliphatic heterocycles. The van der Waals surface area contributed by atoms with Gasteiger partial charge >= 0.3 is 0 Å². The van der Waals surface area contributed by atoms with Crippen molar-refractivity contribution in [2.24, 2.45) is 0 Å². The molecule has 0 atom stereocenters. The van der Waals surface area contributed by atoms with Gasteiger partial charge in [0.1, 0.15) is 18.2 Å². The minimum absolute atomic E-state index is 0.676. The van der Waals surface area contributed by atoms with E-state index >= 15 is 0 Å². The molecule has 2 heterocycles. The third-order valence-corrected chi connectivity index (χ3v) is 4.76. The maximum Gasteiger partial charge on any atom is 0.140 e. The summed E-state index contributed by atoms with van der Waals surface area (Å²) in [4.78, 5) is 13.3. The first-order valence-corrected chi connectivity index (χ1v) is 8.53. The summed E-state index contributed by atoms with van der Waals surface area (Å²) in [6.45, 7) is 3.37. The van der Waals surface area contributed by atoms with E-state index in [4.69, 9.17) is 11.6 Å². The summed E-state index contributed by atoms with van der Waals surface area (Å²) in [5.41, 5.74) is 2.58. The van der Waals surface area contributed by atoms with Crippen molar-refractivity contribution in [3.05, 3.63) is 59.4 Å². The van der Waals surface area contributed by atoms with Crippen LogP contribution in [0.15, 0.2) is 48.8 Å². The van der Waals surface area contributed by atoms with Gasteiger partial charge in [-0.1, -0.05) is 23.7 Å². The maximum absolute atomic E-state index is 9.31. The molecule has 0 radical (unpaired) electrons. The van der Waals surface area contributed by atoms with E-state index in [0.717, 1.165) is 54.2 Å². The smallest absolute Gasteiger partial charge is 0.140 e. The average molecular weight is 350 g/mol. The Balaban J connectivity index is 1.58. The maximum atomic E-state index is 9.31. The number of rotatable bonds is 2. The van der Waals surface area contributed by atoms with Gasteiger partial charge in [-0.2, -0.15) is 5.26 Å². The van der Waals surface area contributed by atoms with Gasteiger partial charge in [-0.25, -0.2) is 9.97 Å². The second-order valence-electron chi connectivity index (χ2n) is 5.96. The Bertz CT molecular complexity index is 957. The number of fused-ring (bicyclic) bond motifs is 1. The minimum atomic E-state index is 0.676. The van der Waals surface area contributed by atoms with E-state index in [1.807, 2.05) is 42.5 Å². The number of hydrogen-bond donors (Lipinski definition) is 0. The van der Waals surface area contributed by atoms with Gasteiger partial charge in [-0.3, -0.25) is 0 Å². The molecule has 6 heteroatoms. The third-order valence-electron chi connectivity index (χ3n) is 4.52. The average Bonchev–Trinajstić information content (AvgIpc) is 2.67. The van der Waals surface area contributed by atoms with E-state index in [0.29, 0.717) is 5.02 Å². The number of nitrogens with zero attached hydrogens (tertiary/aromatic N) is 5. The van der Waals surface area contributed by atoms with Crippen LogP contribution in [0.5, 0.6) is 0 Å². The predicted octanol–water partition coefficient (Wildman–Crippen LogP) is 3.48. The van der Waals surface area contributed by atoms with E-state index in [1.54, 1.807) is 6.33 Å². The molecule has 4 rings (SSSR count). The number of aromatic nitrogens is 2. The molecule has 5 nitrogen and oxygen atoms in total. The molecule has 0 saturated carbocycles. The highest BCUT2D eigenvalue weighted by Gasteiger charge is 2.21. The molecule has 2 aromatic carbocycles. The molecule has 0 N–H and O–H groups in total. The zero-order chi connectivity index (χ0) is 17.2. The van der Waals surface area contributed by atoms with Crippen molar-refractivity contribution in [1.82, 2.24) is 9.97 Å². The van der Waals surface area contributed by atoms with Crippen LogP contribution in [0.2, 0.25) is 5.02 Å². The van der Waals surface area contributed by atoms with Crippen LogP contribution in [0.4, 0.5) is 11.5 Å². The molecule has 1 fully saturated rings. The van der Waals surface area contributed by atoms with E-state index in [9.17, 15) is 5.26 Å². The van der Waals surface area contributed by atoms with Crippen molar-refractivity contribution in [3.8, 4) is 6.07 Å². The van der Waals surface area contributed by atoms with Gasteiger partial charge in [-0.05, 0) is 30.3 Å². The lowest BCUT2D eigenvalue weighted by molar-refractivity contribution is 0.648. The van der Waals surface area contributed by atoms with Crippen LogP contribution in [0, 0.1) is 11.3 Å². The van der Waals surface area contributed by atoms with E-state index in [-0.39, 0.29) is 0 Å². The largest absolute Gasteiger partial charge is 0.367 e. The van der Waals surface area contributed by atoms with Crippen molar-refractivity contribution in [1.29, 1.82) is 5.26 Å². The van der Waals surface area contributed by atoms with Crippen LogP contribution >= 0.6 is 11.6 Å². The second kappa shape index (κ2) is 6.58. The molecule has 124 valence electrons. The zero-order valence-corrected chi connectivity index (χ0v) is 14.3. The number of hydrogen-bond acceptors (Lipinski definition) is 5. The molecule has 0 aliphatic carbocycles. The Labute approximate surface area is 151 Å². The van der Waals surface area contributed by atoms with Crippen LogP contribution in [-0.4, -0.2) is 36.1 Å². The molecule has 1 saturated heterocycles. The molecule has 1 aromatic heterocycles.